The van der Waals surface area contributed by atoms with Crippen molar-refractivity contribution in [2.45, 2.75) is 31.8 Å². The highest BCUT2D eigenvalue weighted by Crippen LogP contribution is 2.19. The quantitative estimate of drug-likeness (QED) is 0.911. The van der Waals surface area contributed by atoms with E-state index in [0.717, 1.165) is 18.4 Å². The van der Waals surface area contributed by atoms with E-state index in [4.69, 9.17) is 9.26 Å². The van der Waals surface area contributed by atoms with E-state index in [1.807, 2.05) is 12.1 Å². The van der Waals surface area contributed by atoms with Crippen LogP contribution in [0.2, 0.25) is 0 Å². The fourth-order valence-electron chi connectivity index (χ4n) is 2.88. The maximum atomic E-state index is 12.4. The van der Waals surface area contributed by atoms with Crippen molar-refractivity contribution in [3.8, 4) is 11.3 Å². The highest BCUT2D eigenvalue weighted by atomic mass is 16.5. The first-order valence-electron chi connectivity index (χ1n) is 8.17. The average molecular weight is 344 g/mol. The van der Waals surface area contributed by atoms with Crippen molar-refractivity contribution >= 4 is 12.0 Å². The lowest BCUT2D eigenvalue weighted by Crippen LogP contribution is -2.51. The minimum atomic E-state index is -0.512. The van der Waals surface area contributed by atoms with Gasteiger partial charge in [0.25, 0.3) is 0 Å². The molecule has 0 radical (unpaired) electrons. The molecular weight excluding hydrogens is 324 g/mol. The number of hydrogen-bond donors (Lipinski definition) is 1. The number of amides is 2. The van der Waals surface area contributed by atoms with Gasteiger partial charge in [-0.3, -0.25) is 14.7 Å². The summed E-state index contributed by atoms with van der Waals surface area (Å²) >= 11 is 0. The molecule has 1 N–H and O–H groups in total. The first-order chi connectivity index (χ1) is 12.2. The van der Waals surface area contributed by atoms with E-state index in [1.54, 1.807) is 18.5 Å². The Hall–Kier alpha value is -2.90. The van der Waals surface area contributed by atoms with Gasteiger partial charge in [0.1, 0.15) is 11.7 Å². The molecule has 1 saturated heterocycles. The second-order valence-electron chi connectivity index (χ2n) is 5.81. The van der Waals surface area contributed by atoms with Gasteiger partial charge < -0.3 is 14.6 Å². The molecule has 2 amide bonds. The maximum absolute atomic E-state index is 12.4. The van der Waals surface area contributed by atoms with E-state index in [0.29, 0.717) is 24.4 Å². The third kappa shape index (κ3) is 3.96. The molecule has 3 heterocycles. The summed E-state index contributed by atoms with van der Waals surface area (Å²) < 4.78 is 10.0. The molecule has 25 heavy (non-hydrogen) atoms. The number of ether oxygens (including phenoxy) is 1. The van der Waals surface area contributed by atoms with Crippen LogP contribution in [-0.4, -0.2) is 46.7 Å². The summed E-state index contributed by atoms with van der Waals surface area (Å²) in [6.45, 7) is 0.732. The Bertz CT molecular complexity index is 731. The minimum absolute atomic E-state index is 0.206. The first-order valence-corrected chi connectivity index (χ1v) is 8.17. The molecule has 0 saturated carbocycles. The van der Waals surface area contributed by atoms with Gasteiger partial charge in [0, 0.05) is 30.6 Å². The second-order valence-corrected chi connectivity index (χ2v) is 5.81. The van der Waals surface area contributed by atoms with Gasteiger partial charge in [0.2, 0.25) is 5.91 Å². The number of pyridine rings is 1. The Kier molecular flexibility index (Phi) is 5.27. The number of rotatable bonds is 4. The Morgan fingerprint density at radius 2 is 2.32 bits per heavy atom. The number of methoxy groups -OCH3 is 1. The zero-order chi connectivity index (χ0) is 17.6. The lowest BCUT2D eigenvalue weighted by atomic mass is 10.0. The second kappa shape index (κ2) is 7.78. The van der Waals surface area contributed by atoms with Crippen LogP contribution >= 0.6 is 0 Å². The van der Waals surface area contributed by atoms with Gasteiger partial charge in [-0.25, -0.2) is 4.79 Å². The number of nitrogens with one attached hydrogen (secondary N) is 1. The number of hydrogen-bond acceptors (Lipinski definition) is 6. The van der Waals surface area contributed by atoms with Crippen molar-refractivity contribution in [3.63, 3.8) is 0 Å². The van der Waals surface area contributed by atoms with E-state index < -0.39 is 12.1 Å². The molecule has 8 nitrogen and oxygen atoms in total. The molecule has 1 atom stereocenters. The normalized spacial score (nSPS) is 17.2. The summed E-state index contributed by atoms with van der Waals surface area (Å²) in [4.78, 5) is 29.8. The van der Waals surface area contributed by atoms with Crippen LogP contribution in [-0.2, 0) is 16.1 Å². The molecule has 8 heteroatoms. The average Bonchev–Trinajstić information content (AvgIpc) is 3.15. The summed E-state index contributed by atoms with van der Waals surface area (Å²) in [6, 6.07) is 4.94. The summed E-state index contributed by atoms with van der Waals surface area (Å²) in [7, 11) is 1.32. The third-order valence-corrected chi connectivity index (χ3v) is 4.17. The number of piperidine rings is 1. The fourth-order valence-corrected chi connectivity index (χ4v) is 2.88. The number of likely N-dealkylation sites (tertiary alicyclic amines) is 1. The zero-order valence-electron chi connectivity index (χ0n) is 14.0. The monoisotopic (exact) mass is 344 g/mol. The smallest absolute Gasteiger partial charge is 0.410 e. The minimum Gasteiger partial charge on any atom is -0.453 e. The third-order valence-electron chi connectivity index (χ3n) is 4.17. The van der Waals surface area contributed by atoms with Crippen LogP contribution in [0.3, 0.4) is 0 Å². The molecule has 0 aromatic carbocycles. The predicted octanol–water partition coefficient (Wildman–Crippen LogP) is 1.97. The lowest BCUT2D eigenvalue weighted by Gasteiger charge is -2.33. The van der Waals surface area contributed by atoms with E-state index in [2.05, 4.69) is 15.5 Å². The summed E-state index contributed by atoms with van der Waals surface area (Å²) in [5.41, 5.74) is 1.50. The highest BCUT2D eigenvalue weighted by molar-refractivity contribution is 5.85. The Balaban J connectivity index is 1.60. The molecule has 0 aliphatic carbocycles. The number of carbonyl (C=O) groups excluding carboxylic acids is 2. The zero-order valence-corrected chi connectivity index (χ0v) is 14.0. The lowest BCUT2D eigenvalue weighted by molar-refractivity contribution is -0.127. The molecule has 0 unspecified atom stereocenters. The van der Waals surface area contributed by atoms with Gasteiger partial charge in [0.05, 0.1) is 13.7 Å². The number of nitrogens with zero attached hydrogens (tertiary/aromatic N) is 3. The van der Waals surface area contributed by atoms with Gasteiger partial charge in [-0.2, -0.15) is 0 Å². The van der Waals surface area contributed by atoms with E-state index in [1.165, 1.54) is 12.0 Å². The van der Waals surface area contributed by atoms with Gasteiger partial charge in [0.15, 0.2) is 5.76 Å². The summed E-state index contributed by atoms with van der Waals surface area (Å²) in [6.07, 6.45) is 5.30. The SMILES string of the molecule is COC(=O)N1CCCC[C@@H]1C(=O)NCc1cc(-c2cccnc2)no1. The molecule has 132 valence electrons. The van der Waals surface area contributed by atoms with E-state index in [-0.39, 0.29) is 12.5 Å². The largest absolute Gasteiger partial charge is 0.453 e. The molecule has 0 spiro atoms. The first kappa shape index (κ1) is 16.9. The van der Waals surface area contributed by atoms with Gasteiger partial charge in [-0.05, 0) is 31.4 Å². The summed E-state index contributed by atoms with van der Waals surface area (Å²) in [5.74, 6) is 0.317. The van der Waals surface area contributed by atoms with Crippen molar-refractivity contribution in [1.82, 2.24) is 20.4 Å². The van der Waals surface area contributed by atoms with Crippen molar-refractivity contribution < 1.29 is 18.8 Å². The standard InChI is InChI=1S/C17H20N4O4/c1-24-17(23)21-8-3-2-6-15(21)16(22)19-11-13-9-14(20-25-13)12-5-4-7-18-10-12/h4-5,7,9-10,15H,2-3,6,8,11H2,1H3,(H,19,22)/t15-/m1/s1. The van der Waals surface area contributed by atoms with Crippen LogP contribution in [0.15, 0.2) is 35.1 Å². The molecule has 1 fully saturated rings. The van der Waals surface area contributed by atoms with E-state index >= 15 is 0 Å². The van der Waals surface area contributed by atoms with Crippen molar-refractivity contribution in [3.05, 3.63) is 36.4 Å². The van der Waals surface area contributed by atoms with Gasteiger partial charge in [-0.1, -0.05) is 5.16 Å². The molecule has 2 aromatic rings. The molecular formula is C17H20N4O4. The highest BCUT2D eigenvalue weighted by Gasteiger charge is 2.32. The van der Waals surface area contributed by atoms with Gasteiger partial charge in [-0.15, -0.1) is 0 Å². The van der Waals surface area contributed by atoms with Crippen LogP contribution < -0.4 is 5.32 Å². The summed E-state index contributed by atoms with van der Waals surface area (Å²) in [5, 5.41) is 6.79. The molecule has 1 aliphatic heterocycles. The number of carbonyl (C=O) groups is 2. The molecule has 3 rings (SSSR count). The topological polar surface area (TPSA) is 97.6 Å². The van der Waals surface area contributed by atoms with Crippen LogP contribution in [0.25, 0.3) is 11.3 Å². The fraction of sp³-hybridized carbons (Fsp3) is 0.412. The van der Waals surface area contributed by atoms with Crippen molar-refractivity contribution in [2.75, 3.05) is 13.7 Å². The van der Waals surface area contributed by atoms with Crippen LogP contribution in [0.1, 0.15) is 25.0 Å². The van der Waals surface area contributed by atoms with Gasteiger partial charge >= 0.3 is 6.09 Å². The Morgan fingerprint density at radius 3 is 3.08 bits per heavy atom. The maximum Gasteiger partial charge on any atom is 0.410 e. The van der Waals surface area contributed by atoms with Crippen LogP contribution in [0.4, 0.5) is 4.79 Å². The number of aromatic nitrogens is 2. The van der Waals surface area contributed by atoms with E-state index in [9.17, 15) is 9.59 Å². The molecule has 0 bridgehead atoms. The Labute approximate surface area is 145 Å². The Morgan fingerprint density at radius 1 is 1.44 bits per heavy atom. The van der Waals surface area contributed by atoms with Crippen LogP contribution in [0.5, 0.6) is 0 Å². The molecule has 1 aliphatic rings. The van der Waals surface area contributed by atoms with Crippen molar-refractivity contribution in [2.24, 2.45) is 0 Å². The van der Waals surface area contributed by atoms with Crippen LogP contribution in [0, 0.1) is 0 Å². The molecule has 2 aromatic heterocycles. The predicted molar refractivity (Wildman–Crippen MR) is 88.3 cm³/mol. The van der Waals surface area contributed by atoms with Crippen molar-refractivity contribution in [1.29, 1.82) is 0 Å².